The van der Waals surface area contributed by atoms with Crippen LogP contribution in [-0.2, 0) is 19.1 Å². The van der Waals surface area contributed by atoms with E-state index in [4.69, 9.17) is 5.11 Å². The summed E-state index contributed by atoms with van der Waals surface area (Å²) in [6.07, 6.45) is -1.48. The molecule has 0 radical (unpaired) electrons. The Morgan fingerprint density at radius 3 is 2.38 bits per heavy atom. The first kappa shape index (κ1) is 12.7. The number of carboxylic acid groups (broad SMARTS) is 1. The van der Waals surface area contributed by atoms with Crippen molar-refractivity contribution in [3.63, 3.8) is 0 Å². The monoisotopic (exact) mass is 244 g/mol. The van der Waals surface area contributed by atoms with Gasteiger partial charge in [0.05, 0.1) is 5.75 Å². The Morgan fingerprint density at radius 2 is 1.94 bits per heavy atom. The van der Waals surface area contributed by atoms with Crippen LogP contribution in [0.4, 0.5) is 0 Å². The number of rotatable bonds is 5. The van der Waals surface area contributed by atoms with E-state index < -0.39 is 22.2 Å². The summed E-state index contributed by atoms with van der Waals surface area (Å²) in [6, 6.07) is 7.95. The molecule has 1 rings (SSSR count). The molecule has 0 saturated carbocycles. The molecule has 1 aromatic rings. The number of aliphatic carboxylic acids is 1. The molecule has 0 aromatic heterocycles. The number of benzene rings is 1. The lowest BCUT2D eigenvalue weighted by atomic mass is 10.1. The third kappa shape index (κ3) is 3.32. The summed E-state index contributed by atoms with van der Waals surface area (Å²) in [5, 5.41) is 8.90. The molecule has 1 N–H and O–H groups in total. The Balaban J connectivity index is 2.99. The van der Waals surface area contributed by atoms with Crippen molar-refractivity contribution in [2.24, 2.45) is 0 Å². The first-order chi connectivity index (χ1) is 7.46. The Labute approximate surface area is 93.8 Å². The summed E-state index contributed by atoms with van der Waals surface area (Å²) < 4.78 is 27.0. The highest BCUT2D eigenvalue weighted by Crippen LogP contribution is 2.19. The molecular formula is C10H12O5S. The summed E-state index contributed by atoms with van der Waals surface area (Å²) in [5.74, 6) is -1.59. The minimum atomic E-state index is -3.79. The first-order valence-electron chi connectivity index (χ1n) is 4.65. The number of hydrogen-bond acceptors (Lipinski definition) is 4. The molecule has 16 heavy (non-hydrogen) atoms. The SMILES string of the molecule is CCS(=O)(=O)O[C@@H](C(=O)O)c1ccccc1. The van der Waals surface area contributed by atoms with Crippen LogP contribution in [0.15, 0.2) is 30.3 Å². The molecule has 0 heterocycles. The second kappa shape index (κ2) is 5.09. The van der Waals surface area contributed by atoms with Gasteiger partial charge in [0, 0.05) is 0 Å². The van der Waals surface area contributed by atoms with Gasteiger partial charge in [-0.1, -0.05) is 30.3 Å². The average Bonchev–Trinajstić information content (AvgIpc) is 2.27. The van der Waals surface area contributed by atoms with E-state index in [1.165, 1.54) is 19.1 Å². The van der Waals surface area contributed by atoms with Gasteiger partial charge in [-0.15, -0.1) is 0 Å². The van der Waals surface area contributed by atoms with Crippen LogP contribution in [0.25, 0.3) is 0 Å². The zero-order valence-electron chi connectivity index (χ0n) is 8.66. The van der Waals surface area contributed by atoms with Crippen LogP contribution in [0.5, 0.6) is 0 Å². The molecule has 0 fully saturated rings. The van der Waals surface area contributed by atoms with Gasteiger partial charge in [0.25, 0.3) is 10.1 Å². The summed E-state index contributed by atoms with van der Waals surface area (Å²) in [7, 11) is -3.79. The van der Waals surface area contributed by atoms with Crippen molar-refractivity contribution in [2.45, 2.75) is 13.0 Å². The van der Waals surface area contributed by atoms with Crippen LogP contribution in [0, 0.1) is 0 Å². The maximum Gasteiger partial charge on any atom is 0.339 e. The minimum absolute atomic E-state index is 0.260. The number of carboxylic acids is 1. The fourth-order valence-corrected chi connectivity index (χ4v) is 1.70. The maximum absolute atomic E-state index is 11.2. The summed E-state index contributed by atoms with van der Waals surface area (Å²) >= 11 is 0. The standard InChI is InChI=1S/C10H12O5S/c1-2-16(13,14)15-9(10(11)12)8-6-4-3-5-7-8/h3-7,9H,2H2,1H3,(H,11,12)/t9-/m1/s1. The van der Waals surface area contributed by atoms with Gasteiger partial charge in [0.1, 0.15) is 0 Å². The van der Waals surface area contributed by atoms with Crippen molar-refractivity contribution in [3.8, 4) is 0 Å². The molecule has 0 unspecified atom stereocenters. The second-order valence-corrected chi connectivity index (χ2v) is 4.96. The van der Waals surface area contributed by atoms with Gasteiger partial charge < -0.3 is 5.11 Å². The fourth-order valence-electron chi connectivity index (χ4n) is 1.08. The quantitative estimate of drug-likeness (QED) is 0.786. The summed E-state index contributed by atoms with van der Waals surface area (Å²) in [5.41, 5.74) is 0.298. The minimum Gasteiger partial charge on any atom is -0.479 e. The smallest absolute Gasteiger partial charge is 0.339 e. The topological polar surface area (TPSA) is 80.7 Å². The van der Waals surface area contributed by atoms with Gasteiger partial charge in [-0.25, -0.2) is 8.98 Å². The van der Waals surface area contributed by atoms with Crippen molar-refractivity contribution in [3.05, 3.63) is 35.9 Å². The molecule has 1 atom stereocenters. The van der Waals surface area contributed by atoms with Crippen LogP contribution in [0.3, 0.4) is 0 Å². The largest absolute Gasteiger partial charge is 0.479 e. The summed E-state index contributed by atoms with van der Waals surface area (Å²) in [6.45, 7) is 1.39. The van der Waals surface area contributed by atoms with Crippen molar-refractivity contribution in [1.82, 2.24) is 0 Å². The van der Waals surface area contributed by atoms with E-state index in [1.807, 2.05) is 0 Å². The molecular weight excluding hydrogens is 232 g/mol. The fraction of sp³-hybridized carbons (Fsp3) is 0.300. The highest BCUT2D eigenvalue weighted by atomic mass is 32.2. The van der Waals surface area contributed by atoms with Crippen molar-refractivity contribution >= 4 is 16.1 Å². The average molecular weight is 244 g/mol. The lowest BCUT2D eigenvalue weighted by Gasteiger charge is -2.12. The van der Waals surface area contributed by atoms with Crippen LogP contribution in [0.1, 0.15) is 18.6 Å². The van der Waals surface area contributed by atoms with E-state index in [0.29, 0.717) is 5.56 Å². The van der Waals surface area contributed by atoms with Crippen LogP contribution in [-0.4, -0.2) is 25.2 Å². The van der Waals surface area contributed by atoms with E-state index in [1.54, 1.807) is 18.2 Å². The second-order valence-electron chi connectivity index (χ2n) is 3.07. The maximum atomic E-state index is 11.2. The van der Waals surface area contributed by atoms with Gasteiger partial charge in [-0.2, -0.15) is 8.42 Å². The molecule has 0 aliphatic rings. The lowest BCUT2D eigenvalue weighted by Crippen LogP contribution is -2.20. The van der Waals surface area contributed by atoms with E-state index in [9.17, 15) is 13.2 Å². The molecule has 88 valence electrons. The Hall–Kier alpha value is -1.40. The first-order valence-corrected chi connectivity index (χ1v) is 6.22. The third-order valence-electron chi connectivity index (χ3n) is 1.92. The van der Waals surface area contributed by atoms with E-state index in [2.05, 4.69) is 4.18 Å². The normalized spacial score (nSPS) is 13.3. The molecule has 1 aromatic carbocycles. The highest BCUT2D eigenvalue weighted by molar-refractivity contribution is 7.86. The van der Waals surface area contributed by atoms with Crippen molar-refractivity contribution in [1.29, 1.82) is 0 Å². The lowest BCUT2D eigenvalue weighted by molar-refractivity contribution is -0.145. The molecule has 0 amide bonds. The summed E-state index contributed by atoms with van der Waals surface area (Å²) in [4.78, 5) is 10.9. The van der Waals surface area contributed by atoms with Crippen molar-refractivity contribution < 1.29 is 22.5 Å². The van der Waals surface area contributed by atoms with Gasteiger partial charge in [-0.05, 0) is 12.5 Å². The van der Waals surface area contributed by atoms with Crippen LogP contribution in [0.2, 0.25) is 0 Å². The Kier molecular flexibility index (Phi) is 4.03. The molecule has 0 bridgehead atoms. The molecule has 0 spiro atoms. The zero-order valence-corrected chi connectivity index (χ0v) is 9.48. The van der Waals surface area contributed by atoms with E-state index >= 15 is 0 Å². The molecule has 0 aliphatic heterocycles. The van der Waals surface area contributed by atoms with E-state index in [0.717, 1.165) is 0 Å². The zero-order chi connectivity index (χ0) is 12.2. The molecule has 0 aliphatic carbocycles. The van der Waals surface area contributed by atoms with Gasteiger partial charge in [0.2, 0.25) is 0 Å². The van der Waals surface area contributed by atoms with Crippen molar-refractivity contribution in [2.75, 3.05) is 5.75 Å². The van der Waals surface area contributed by atoms with Crippen LogP contribution >= 0.6 is 0 Å². The highest BCUT2D eigenvalue weighted by Gasteiger charge is 2.26. The Bertz CT molecular complexity index is 451. The van der Waals surface area contributed by atoms with E-state index in [-0.39, 0.29) is 5.75 Å². The van der Waals surface area contributed by atoms with Gasteiger partial charge in [-0.3, -0.25) is 0 Å². The predicted molar refractivity (Wildman–Crippen MR) is 57.4 cm³/mol. The Morgan fingerprint density at radius 1 is 1.38 bits per heavy atom. The molecule has 6 heteroatoms. The predicted octanol–water partition coefficient (Wildman–Crippen LogP) is 1.18. The molecule has 5 nitrogen and oxygen atoms in total. The number of carbonyl (C=O) groups is 1. The molecule has 0 saturated heterocycles. The number of hydrogen-bond donors (Lipinski definition) is 1. The van der Waals surface area contributed by atoms with Crippen LogP contribution < -0.4 is 0 Å². The third-order valence-corrected chi connectivity index (χ3v) is 3.12. The van der Waals surface area contributed by atoms with Gasteiger partial charge in [0.15, 0.2) is 6.10 Å². The van der Waals surface area contributed by atoms with Gasteiger partial charge >= 0.3 is 5.97 Å².